The van der Waals surface area contributed by atoms with Gasteiger partial charge in [0.05, 0.1) is 22.4 Å². The standard InChI is InChI=1S/C26H15N5O3/c32-26-20-19(15-7-2-1-3-8-15)21-24-29-23(16-9-6-12-27-13-16)30-31(24)14-28-25(21)34-22(20)17-10-4-5-11-18(17)33-26/h1-14,19H. The number of benzene rings is 2. The average molecular weight is 445 g/mol. The molecule has 0 aliphatic carbocycles. The lowest BCUT2D eigenvalue weighted by Crippen LogP contribution is -2.22. The Bertz CT molecular complexity index is 1760. The minimum absolute atomic E-state index is 0.384. The van der Waals surface area contributed by atoms with Crippen molar-refractivity contribution in [2.75, 3.05) is 0 Å². The maximum absolute atomic E-state index is 13.3. The summed E-state index contributed by atoms with van der Waals surface area (Å²) in [5, 5.41) is 5.30. The number of para-hydroxylation sites is 1. The van der Waals surface area contributed by atoms with E-state index in [2.05, 4.69) is 15.1 Å². The topological polar surface area (TPSA) is 95.4 Å². The molecule has 0 amide bonds. The number of hydrogen-bond donors (Lipinski definition) is 0. The highest BCUT2D eigenvalue weighted by atomic mass is 16.5. The Labute approximate surface area is 192 Å². The van der Waals surface area contributed by atoms with E-state index >= 15 is 0 Å². The first-order valence-electron chi connectivity index (χ1n) is 10.7. The van der Waals surface area contributed by atoms with Crippen LogP contribution in [0.5, 0.6) is 11.6 Å². The van der Waals surface area contributed by atoms with Crippen LogP contribution in [-0.2, 0) is 0 Å². The van der Waals surface area contributed by atoms with E-state index in [4.69, 9.17) is 14.1 Å². The number of ether oxygens (including phenoxy) is 1. The average Bonchev–Trinajstić information content (AvgIpc) is 3.33. The molecule has 0 radical (unpaired) electrons. The van der Waals surface area contributed by atoms with Crippen molar-refractivity contribution in [3.8, 4) is 23.0 Å². The quantitative estimate of drug-likeness (QED) is 0.360. The largest absolute Gasteiger partial charge is 0.437 e. The third kappa shape index (κ3) is 2.69. The van der Waals surface area contributed by atoms with Crippen LogP contribution < -0.4 is 10.4 Å². The van der Waals surface area contributed by atoms with Crippen LogP contribution in [0.3, 0.4) is 0 Å². The summed E-state index contributed by atoms with van der Waals surface area (Å²) in [5.74, 6) is 0.848. The van der Waals surface area contributed by atoms with E-state index in [1.54, 1.807) is 29.3 Å². The Hall–Kier alpha value is -4.85. The smallest absolute Gasteiger partial charge is 0.344 e. The van der Waals surface area contributed by atoms with E-state index in [0.29, 0.717) is 45.2 Å². The van der Waals surface area contributed by atoms with Gasteiger partial charge in [0.2, 0.25) is 5.88 Å². The van der Waals surface area contributed by atoms with Gasteiger partial charge in [0.15, 0.2) is 17.2 Å². The second-order valence-corrected chi connectivity index (χ2v) is 7.98. The Balaban J connectivity index is 1.56. The molecule has 0 fully saturated rings. The number of fused-ring (bicyclic) bond motifs is 6. The molecule has 2 aromatic carbocycles. The van der Waals surface area contributed by atoms with Gasteiger partial charge in [0, 0.05) is 18.0 Å². The highest BCUT2D eigenvalue weighted by Crippen LogP contribution is 2.48. The molecule has 162 valence electrons. The second kappa shape index (κ2) is 7.08. The summed E-state index contributed by atoms with van der Waals surface area (Å²) in [4.78, 5) is 26.8. The fourth-order valence-electron chi connectivity index (χ4n) is 4.53. The summed E-state index contributed by atoms with van der Waals surface area (Å²) in [6, 6.07) is 20.8. The van der Waals surface area contributed by atoms with Gasteiger partial charge in [-0.2, -0.15) is 0 Å². The first-order chi connectivity index (χ1) is 16.8. The van der Waals surface area contributed by atoms with Crippen molar-refractivity contribution < 1.29 is 9.15 Å². The SMILES string of the molecule is O=c1oc2ccccc2c2c1C(c1ccccc1)c1c(ncn3nc(-c4cccnc4)nc13)O2. The normalized spacial score (nSPS) is 14.5. The summed E-state index contributed by atoms with van der Waals surface area (Å²) in [5.41, 5.74) is 3.31. The zero-order chi connectivity index (χ0) is 22.6. The van der Waals surface area contributed by atoms with Gasteiger partial charge in [-0.25, -0.2) is 19.3 Å². The minimum Gasteiger partial charge on any atom is -0.437 e. The van der Waals surface area contributed by atoms with Crippen LogP contribution >= 0.6 is 0 Å². The lowest BCUT2D eigenvalue weighted by molar-refractivity contribution is 0.422. The molecule has 0 spiro atoms. The number of nitrogens with zero attached hydrogens (tertiary/aromatic N) is 5. The highest BCUT2D eigenvalue weighted by Gasteiger charge is 2.37. The molecule has 8 heteroatoms. The van der Waals surface area contributed by atoms with E-state index < -0.39 is 11.5 Å². The summed E-state index contributed by atoms with van der Waals surface area (Å²) in [6.07, 6.45) is 4.97. The van der Waals surface area contributed by atoms with Gasteiger partial charge in [-0.1, -0.05) is 42.5 Å². The van der Waals surface area contributed by atoms with Crippen molar-refractivity contribution in [1.82, 2.24) is 24.6 Å². The lowest BCUT2D eigenvalue weighted by atomic mass is 9.84. The molecule has 0 saturated heterocycles. The molecule has 1 aliphatic heterocycles. The second-order valence-electron chi connectivity index (χ2n) is 7.98. The van der Waals surface area contributed by atoms with Crippen molar-refractivity contribution in [1.29, 1.82) is 0 Å². The summed E-state index contributed by atoms with van der Waals surface area (Å²) in [6.45, 7) is 0. The van der Waals surface area contributed by atoms with Crippen LogP contribution in [0.2, 0.25) is 0 Å². The van der Waals surface area contributed by atoms with Crippen molar-refractivity contribution in [2.45, 2.75) is 5.92 Å². The third-order valence-electron chi connectivity index (χ3n) is 6.01. The van der Waals surface area contributed by atoms with E-state index in [1.807, 2.05) is 60.7 Å². The maximum Gasteiger partial charge on any atom is 0.344 e. The number of aromatic nitrogens is 5. The van der Waals surface area contributed by atoms with E-state index in [0.717, 1.165) is 11.1 Å². The minimum atomic E-state index is -0.497. The highest BCUT2D eigenvalue weighted by molar-refractivity contribution is 5.86. The van der Waals surface area contributed by atoms with Crippen molar-refractivity contribution in [2.24, 2.45) is 0 Å². The van der Waals surface area contributed by atoms with Crippen LogP contribution in [0, 0.1) is 0 Å². The fraction of sp³-hybridized carbons (Fsp3) is 0.0385. The predicted molar refractivity (Wildman–Crippen MR) is 124 cm³/mol. The Morgan fingerprint density at radius 3 is 2.62 bits per heavy atom. The third-order valence-corrected chi connectivity index (χ3v) is 6.01. The van der Waals surface area contributed by atoms with Crippen LogP contribution in [0.4, 0.5) is 0 Å². The Morgan fingerprint density at radius 1 is 0.912 bits per heavy atom. The van der Waals surface area contributed by atoms with Gasteiger partial charge in [0.1, 0.15) is 11.9 Å². The van der Waals surface area contributed by atoms with Crippen molar-refractivity contribution in [3.63, 3.8) is 0 Å². The summed E-state index contributed by atoms with van der Waals surface area (Å²) < 4.78 is 13.6. The molecule has 1 atom stereocenters. The monoisotopic (exact) mass is 445 g/mol. The van der Waals surface area contributed by atoms with Crippen LogP contribution in [0.1, 0.15) is 22.6 Å². The van der Waals surface area contributed by atoms with Crippen LogP contribution in [-0.4, -0.2) is 24.6 Å². The predicted octanol–water partition coefficient (Wildman–Crippen LogP) is 4.58. The van der Waals surface area contributed by atoms with E-state index in [-0.39, 0.29) is 0 Å². The number of rotatable bonds is 2. The molecule has 0 bridgehead atoms. The molecule has 8 nitrogen and oxygen atoms in total. The van der Waals surface area contributed by atoms with Gasteiger partial charge >= 0.3 is 5.63 Å². The molecule has 1 aliphatic rings. The molecule has 5 heterocycles. The van der Waals surface area contributed by atoms with Crippen LogP contribution in [0.15, 0.2) is 94.7 Å². The van der Waals surface area contributed by atoms with Crippen molar-refractivity contribution >= 4 is 16.6 Å². The molecule has 7 rings (SSSR count). The Kier molecular flexibility index (Phi) is 3.89. The first kappa shape index (κ1) is 18.7. The molecule has 0 saturated carbocycles. The molecule has 1 unspecified atom stereocenters. The number of hydrogen-bond acceptors (Lipinski definition) is 7. The molecular weight excluding hydrogens is 430 g/mol. The van der Waals surface area contributed by atoms with Crippen LogP contribution in [0.25, 0.3) is 28.0 Å². The van der Waals surface area contributed by atoms with Gasteiger partial charge in [0.25, 0.3) is 0 Å². The molecule has 0 N–H and O–H groups in total. The van der Waals surface area contributed by atoms with E-state index in [1.165, 1.54) is 0 Å². The zero-order valence-corrected chi connectivity index (χ0v) is 17.6. The summed E-state index contributed by atoms with van der Waals surface area (Å²) in [7, 11) is 0. The van der Waals surface area contributed by atoms with Gasteiger partial charge in [-0.05, 0) is 29.8 Å². The molecular formula is C26H15N5O3. The first-order valence-corrected chi connectivity index (χ1v) is 10.7. The molecule has 6 aromatic rings. The Morgan fingerprint density at radius 2 is 1.76 bits per heavy atom. The lowest BCUT2D eigenvalue weighted by Gasteiger charge is -2.27. The van der Waals surface area contributed by atoms with E-state index in [9.17, 15) is 4.79 Å². The van der Waals surface area contributed by atoms with Gasteiger partial charge in [-0.3, -0.25) is 4.98 Å². The summed E-state index contributed by atoms with van der Waals surface area (Å²) >= 11 is 0. The van der Waals surface area contributed by atoms with Crippen molar-refractivity contribution in [3.05, 3.63) is 113 Å². The fourth-order valence-corrected chi connectivity index (χ4v) is 4.53. The zero-order valence-electron chi connectivity index (χ0n) is 17.6. The molecule has 34 heavy (non-hydrogen) atoms. The van der Waals surface area contributed by atoms with Gasteiger partial charge in [-0.15, -0.1) is 5.10 Å². The number of pyridine rings is 1. The maximum atomic E-state index is 13.3. The van der Waals surface area contributed by atoms with Gasteiger partial charge < -0.3 is 9.15 Å². The molecule has 4 aromatic heterocycles.